The lowest BCUT2D eigenvalue weighted by atomic mass is 10.1. The van der Waals surface area contributed by atoms with Gasteiger partial charge in [-0.15, -0.1) is 0 Å². The van der Waals surface area contributed by atoms with E-state index in [0.717, 1.165) is 22.7 Å². The van der Waals surface area contributed by atoms with Gasteiger partial charge in [0.25, 0.3) is 0 Å². The third-order valence-corrected chi connectivity index (χ3v) is 4.51. The van der Waals surface area contributed by atoms with Crippen LogP contribution >= 0.6 is 0 Å². The molecule has 0 aliphatic heterocycles. The first-order valence-corrected chi connectivity index (χ1v) is 9.13. The highest BCUT2D eigenvalue weighted by atomic mass is 16.5. The highest BCUT2D eigenvalue weighted by Crippen LogP contribution is 2.22. The number of para-hydroxylation sites is 1. The SMILES string of the molecule is COc1ccccc1CCNC(=O)c1nc(-c2cnn3c(C)cc(C)nc23)no1. The van der Waals surface area contributed by atoms with Crippen molar-refractivity contribution in [2.75, 3.05) is 13.7 Å². The Bertz CT molecular complexity index is 1180. The van der Waals surface area contributed by atoms with Gasteiger partial charge in [0.1, 0.15) is 5.75 Å². The maximum Gasteiger partial charge on any atom is 0.316 e. The predicted octanol–water partition coefficient (Wildman–Crippen LogP) is 2.38. The van der Waals surface area contributed by atoms with E-state index in [0.29, 0.717) is 24.2 Å². The summed E-state index contributed by atoms with van der Waals surface area (Å²) in [7, 11) is 1.62. The summed E-state index contributed by atoms with van der Waals surface area (Å²) in [6, 6.07) is 9.60. The Morgan fingerprint density at radius 2 is 2.07 bits per heavy atom. The number of amides is 1. The Hall–Kier alpha value is -3.75. The molecule has 0 aliphatic carbocycles. The van der Waals surface area contributed by atoms with Gasteiger partial charge in [0.05, 0.1) is 18.9 Å². The molecule has 1 aromatic carbocycles. The van der Waals surface area contributed by atoms with E-state index in [1.165, 1.54) is 0 Å². The molecule has 29 heavy (non-hydrogen) atoms. The summed E-state index contributed by atoms with van der Waals surface area (Å²) in [5.41, 5.74) is 4.02. The van der Waals surface area contributed by atoms with Crippen molar-refractivity contribution in [2.45, 2.75) is 20.3 Å². The number of aromatic nitrogens is 5. The minimum atomic E-state index is -0.435. The van der Waals surface area contributed by atoms with Gasteiger partial charge in [-0.05, 0) is 38.0 Å². The third-order valence-electron chi connectivity index (χ3n) is 4.51. The zero-order valence-corrected chi connectivity index (χ0v) is 16.3. The van der Waals surface area contributed by atoms with Gasteiger partial charge in [-0.2, -0.15) is 10.1 Å². The topological polar surface area (TPSA) is 107 Å². The summed E-state index contributed by atoms with van der Waals surface area (Å²) in [5.74, 6) is 0.513. The second-order valence-corrected chi connectivity index (χ2v) is 6.57. The largest absolute Gasteiger partial charge is 0.496 e. The molecule has 0 aliphatic rings. The van der Waals surface area contributed by atoms with Crippen LogP contribution in [0, 0.1) is 13.8 Å². The molecule has 0 radical (unpaired) electrons. The van der Waals surface area contributed by atoms with Crippen LogP contribution < -0.4 is 10.1 Å². The van der Waals surface area contributed by atoms with Gasteiger partial charge in [-0.1, -0.05) is 23.4 Å². The van der Waals surface area contributed by atoms with Crippen molar-refractivity contribution >= 4 is 11.6 Å². The number of benzene rings is 1. The van der Waals surface area contributed by atoms with Gasteiger partial charge in [-0.25, -0.2) is 9.50 Å². The second-order valence-electron chi connectivity index (χ2n) is 6.57. The minimum Gasteiger partial charge on any atom is -0.496 e. The second kappa shape index (κ2) is 7.70. The number of aryl methyl sites for hydroxylation is 2. The number of fused-ring (bicyclic) bond motifs is 1. The van der Waals surface area contributed by atoms with Crippen molar-refractivity contribution in [1.82, 2.24) is 30.1 Å². The Balaban J connectivity index is 1.47. The minimum absolute atomic E-state index is 0.108. The van der Waals surface area contributed by atoms with E-state index in [-0.39, 0.29) is 11.7 Å². The molecule has 9 heteroatoms. The average molecular weight is 392 g/mol. The fourth-order valence-electron chi connectivity index (χ4n) is 3.15. The fourth-order valence-corrected chi connectivity index (χ4v) is 3.15. The van der Waals surface area contributed by atoms with Gasteiger partial charge in [-0.3, -0.25) is 4.79 Å². The van der Waals surface area contributed by atoms with Gasteiger partial charge in [0.15, 0.2) is 5.65 Å². The van der Waals surface area contributed by atoms with Crippen molar-refractivity contribution in [2.24, 2.45) is 0 Å². The molecule has 3 heterocycles. The summed E-state index contributed by atoms with van der Waals surface area (Å²) in [4.78, 5) is 21.1. The van der Waals surface area contributed by atoms with Crippen molar-refractivity contribution < 1.29 is 14.1 Å². The summed E-state index contributed by atoms with van der Waals surface area (Å²) >= 11 is 0. The van der Waals surface area contributed by atoms with Gasteiger partial charge in [0, 0.05) is 17.9 Å². The van der Waals surface area contributed by atoms with Crippen LogP contribution in [-0.4, -0.2) is 44.3 Å². The van der Waals surface area contributed by atoms with E-state index >= 15 is 0 Å². The van der Waals surface area contributed by atoms with Crippen LogP contribution in [0.15, 0.2) is 41.1 Å². The van der Waals surface area contributed by atoms with Gasteiger partial charge in [0.2, 0.25) is 5.82 Å². The standard InChI is InChI=1S/C20H20N6O3/c1-12-10-13(2)26-18(23-12)15(11-22-26)17-24-20(29-25-17)19(27)21-9-8-14-6-4-5-7-16(14)28-3/h4-7,10-11H,8-9H2,1-3H3,(H,21,27). The molecule has 0 atom stereocenters. The molecule has 0 unspecified atom stereocenters. The molecule has 4 aromatic rings. The Morgan fingerprint density at radius 3 is 2.90 bits per heavy atom. The van der Waals surface area contributed by atoms with Crippen molar-refractivity contribution in [3.05, 3.63) is 59.4 Å². The summed E-state index contributed by atoms with van der Waals surface area (Å²) in [6.07, 6.45) is 2.23. The maximum absolute atomic E-state index is 12.4. The first kappa shape index (κ1) is 18.6. The number of rotatable bonds is 6. The quantitative estimate of drug-likeness (QED) is 0.537. The molecule has 0 saturated heterocycles. The van der Waals surface area contributed by atoms with Crippen LogP contribution in [0.1, 0.15) is 27.6 Å². The van der Waals surface area contributed by atoms with Crippen LogP contribution in [0.4, 0.5) is 0 Å². The molecule has 0 saturated carbocycles. The van der Waals surface area contributed by atoms with Crippen LogP contribution in [0.5, 0.6) is 5.75 Å². The zero-order valence-electron chi connectivity index (χ0n) is 16.3. The molecule has 0 spiro atoms. The normalized spacial score (nSPS) is 11.0. The number of ether oxygens (including phenoxy) is 1. The van der Waals surface area contributed by atoms with E-state index in [4.69, 9.17) is 9.26 Å². The van der Waals surface area contributed by atoms with Gasteiger partial charge < -0.3 is 14.6 Å². The van der Waals surface area contributed by atoms with E-state index in [1.807, 2.05) is 44.2 Å². The fraction of sp³-hybridized carbons (Fsp3) is 0.250. The van der Waals surface area contributed by atoms with Crippen LogP contribution in [0.3, 0.4) is 0 Å². The average Bonchev–Trinajstić information content (AvgIpc) is 3.35. The van der Waals surface area contributed by atoms with Crippen molar-refractivity contribution in [3.63, 3.8) is 0 Å². The first-order valence-electron chi connectivity index (χ1n) is 9.13. The molecule has 0 fully saturated rings. The van der Waals surface area contributed by atoms with E-state index in [2.05, 4.69) is 25.5 Å². The van der Waals surface area contributed by atoms with Crippen LogP contribution in [0.25, 0.3) is 17.0 Å². The lowest BCUT2D eigenvalue weighted by molar-refractivity contribution is 0.0910. The maximum atomic E-state index is 12.4. The number of hydrogen-bond acceptors (Lipinski definition) is 7. The lowest BCUT2D eigenvalue weighted by Crippen LogP contribution is -2.26. The number of carbonyl (C=O) groups excluding carboxylic acids is 1. The number of nitrogens with zero attached hydrogens (tertiary/aromatic N) is 5. The van der Waals surface area contributed by atoms with E-state index in [1.54, 1.807) is 17.8 Å². The van der Waals surface area contributed by atoms with Crippen molar-refractivity contribution in [1.29, 1.82) is 0 Å². The number of carbonyl (C=O) groups is 1. The summed E-state index contributed by atoms with van der Waals surface area (Å²) in [5, 5.41) is 11.0. The number of methoxy groups -OCH3 is 1. The lowest BCUT2D eigenvalue weighted by Gasteiger charge is -2.07. The molecular formula is C20H20N6O3. The molecule has 3 aromatic heterocycles. The summed E-state index contributed by atoms with van der Waals surface area (Å²) in [6.45, 7) is 4.25. The predicted molar refractivity (Wildman–Crippen MR) is 105 cm³/mol. The molecule has 0 bridgehead atoms. The monoisotopic (exact) mass is 392 g/mol. The Labute approximate surface area is 166 Å². The van der Waals surface area contributed by atoms with E-state index in [9.17, 15) is 4.79 Å². The Morgan fingerprint density at radius 1 is 1.24 bits per heavy atom. The number of hydrogen-bond donors (Lipinski definition) is 1. The summed E-state index contributed by atoms with van der Waals surface area (Å²) < 4.78 is 12.2. The molecule has 148 valence electrons. The molecular weight excluding hydrogens is 372 g/mol. The first-order chi connectivity index (χ1) is 14.1. The molecule has 9 nitrogen and oxygen atoms in total. The van der Waals surface area contributed by atoms with Crippen LogP contribution in [-0.2, 0) is 6.42 Å². The van der Waals surface area contributed by atoms with Crippen molar-refractivity contribution in [3.8, 4) is 17.1 Å². The van der Waals surface area contributed by atoms with Gasteiger partial charge >= 0.3 is 11.8 Å². The van der Waals surface area contributed by atoms with E-state index < -0.39 is 5.91 Å². The number of nitrogens with one attached hydrogen (secondary N) is 1. The zero-order chi connectivity index (χ0) is 20.4. The highest BCUT2D eigenvalue weighted by Gasteiger charge is 2.19. The smallest absolute Gasteiger partial charge is 0.316 e. The third kappa shape index (κ3) is 3.66. The molecule has 1 N–H and O–H groups in total. The van der Waals surface area contributed by atoms with Crippen LogP contribution in [0.2, 0.25) is 0 Å². The highest BCUT2D eigenvalue weighted by molar-refractivity contribution is 5.90. The molecule has 1 amide bonds. The Kier molecular flexibility index (Phi) is 4.94. The molecule has 4 rings (SSSR count).